The molecular formula is C24H26N2O4S. The van der Waals surface area contributed by atoms with Crippen molar-refractivity contribution in [2.24, 2.45) is 0 Å². The molecular weight excluding hydrogens is 412 g/mol. The van der Waals surface area contributed by atoms with Crippen LogP contribution in [-0.2, 0) is 10.0 Å². The van der Waals surface area contributed by atoms with Gasteiger partial charge in [-0.25, -0.2) is 8.42 Å². The first kappa shape index (κ1) is 22.4. The summed E-state index contributed by atoms with van der Waals surface area (Å²) in [5.74, 6) is 0.501. The van der Waals surface area contributed by atoms with E-state index in [0.717, 1.165) is 16.9 Å². The minimum absolute atomic E-state index is 0.191. The molecule has 0 bridgehead atoms. The molecule has 6 nitrogen and oxygen atoms in total. The van der Waals surface area contributed by atoms with Gasteiger partial charge in [-0.15, -0.1) is 0 Å². The van der Waals surface area contributed by atoms with E-state index in [2.05, 4.69) is 5.32 Å². The van der Waals surface area contributed by atoms with Crippen LogP contribution in [0.2, 0.25) is 0 Å². The van der Waals surface area contributed by atoms with Crippen LogP contribution in [0.25, 0.3) is 0 Å². The zero-order valence-corrected chi connectivity index (χ0v) is 18.6. The Morgan fingerprint density at radius 2 is 1.71 bits per heavy atom. The van der Waals surface area contributed by atoms with Crippen LogP contribution in [0.1, 0.15) is 21.5 Å². The highest BCUT2D eigenvalue weighted by Gasteiger charge is 2.21. The van der Waals surface area contributed by atoms with E-state index in [1.165, 1.54) is 11.4 Å². The number of carbonyl (C=O) groups is 1. The van der Waals surface area contributed by atoms with E-state index in [4.69, 9.17) is 4.74 Å². The van der Waals surface area contributed by atoms with Crippen molar-refractivity contribution in [1.82, 2.24) is 5.32 Å². The summed E-state index contributed by atoms with van der Waals surface area (Å²) in [5.41, 5.74) is 2.92. The van der Waals surface area contributed by atoms with Crippen molar-refractivity contribution in [3.63, 3.8) is 0 Å². The van der Waals surface area contributed by atoms with E-state index in [1.807, 2.05) is 32.0 Å². The number of nitrogens with one attached hydrogen (secondary N) is 1. The topological polar surface area (TPSA) is 75.7 Å². The molecule has 0 heterocycles. The lowest BCUT2D eigenvalue weighted by molar-refractivity contribution is 0.0947. The van der Waals surface area contributed by atoms with E-state index in [9.17, 15) is 13.2 Å². The molecule has 31 heavy (non-hydrogen) atoms. The summed E-state index contributed by atoms with van der Waals surface area (Å²) in [5, 5.41) is 2.81. The van der Waals surface area contributed by atoms with Crippen LogP contribution in [0.4, 0.5) is 5.69 Å². The standard InChI is InChI=1S/C24H26N2O4S/c1-18-12-13-19(2)23(16-18)30-15-14-25-24(27)20-8-7-9-21(17-20)26(3)31(28,29)22-10-5-4-6-11-22/h4-13,16-17H,14-15H2,1-3H3,(H,25,27). The molecule has 0 atom stereocenters. The lowest BCUT2D eigenvalue weighted by Crippen LogP contribution is -2.29. The third kappa shape index (κ3) is 5.44. The Balaban J connectivity index is 1.63. The molecule has 162 valence electrons. The molecule has 1 amide bonds. The van der Waals surface area contributed by atoms with Gasteiger partial charge in [0, 0.05) is 12.6 Å². The van der Waals surface area contributed by atoms with Gasteiger partial charge in [-0.05, 0) is 61.4 Å². The normalized spacial score (nSPS) is 11.1. The Kier molecular flexibility index (Phi) is 6.97. The second-order valence-electron chi connectivity index (χ2n) is 7.21. The van der Waals surface area contributed by atoms with E-state index in [-0.39, 0.29) is 10.8 Å². The molecule has 3 aromatic carbocycles. The summed E-state index contributed by atoms with van der Waals surface area (Å²) >= 11 is 0. The summed E-state index contributed by atoms with van der Waals surface area (Å²) in [7, 11) is -2.24. The van der Waals surface area contributed by atoms with Gasteiger partial charge in [0.15, 0.2) is 0 Å². The molecule has 1 N–H and O–H groups in total. The fourth-order valence-electron chi connectivity index (χ4n) is 3.02. The van der Waals surface area contributed by atoms with Crippen LogP contribution in [0.15, 0.2) is 77.7 Å². The minimum Gasteiger partial charge on any atom is -0.491 e. The van der Waals surface area contributed by atoms with Crippen LogP contribution in [-0.4, -0.2) is 34.5 Å². The van der Waals surface area contributed by atoms with Crippen molar-refractivity contribution >= 4 is 21.6 Å². The Hall–Kier alpha value is -3.32. The summed E-state index contributed by atoms with van der Waals surface area (Å²) < 4.78 is 32.6. The highest BCUT2D eigenvalue weighted by molar-refractivity contribution is 7.92. The molecule has 7 heteroatoms. The molecule has 0 aliphatic rings. The molecule has 3 aromatic rings. The molecule has 0 spiro atoms. The molecule has 0 aliphatic carbocycles. The second-order valence-corrected chi connectivity index (χ2v) is 9.18. The molecule has 0 unspecified atom stereocenters. The first-order chi connectivity index (χ1) is 14.8. The second kappa shape index (κ2) is 9.66. The fourth-order valence-corrected chi connectivity index (χ4v) is 4.23. The lowest BCUT2D eigenvalue weighted by atomic mass is 10.1. The number of nitrogens with zero attached hydrogens (tertiary/aromatic N) is 1. The number of rotatable bonds is 8. The summed E-state index contributed by atoms with van der Waals surface area (Å²) in [4.78, 5) is 12.7. The van der Waals surface area contributed by atoms with Crippen molar-refractivity contribution in [2.45, 2.75) is 18.7 Å². The van der Waals surface area contributed by atoms with E-state index < -0.39 is 10.0 Å². The number of amides is 1. The first-order valence-corrected chi connectivity index (χ1v) is 11.4. The van der Waals surface area contributed by atoms with Gasteiger partial charge >= 0.3 is 0 Å². The van der Waals surface area contributed by atoms with Gasteiger partial charge in [-0.2, -0.15) is 0 Å². The maximum Gasteiger partial charge on any atom is 0.264 e. The molecule has 0 aromatic heterocycles. The van der Waals surface area contributed by atoms with Crippen molar-refractivity contribution in [3.05, 3.63) is 89.5 Å². The quantitative estimate of drug-likeness (QED) is 0.541. The molecule has 0 aliphatic heterocycles. The minimum atomic E-state index is -3.71. The monoisotopic (exact) mass is 438 g/mol. The zero-order valence-electron chi connectivity index (χ0n) is 17.8. The number of sulfonamides is 1. The van der Waals surface area contributed by atoms with Gasteiger partial charge in [-0.3, -0.25) is 9.10 Å². The number of anilines is 1. The Morgan fingerprint density at radius 1 is 0.968 bits per heavy atom. The smallest absolute Gasteiger partial charge is 0.264 e. The number of benzene rings is 3. The van der Waals surface area contributed by atoms with E-state index in [1.54, 1.807) is 54.6 Å². The highest BCUT2D eigenvalue weighted by Crippen LogP contribution is 2.23. The third-order valence-corrected chi connectivity index (χ3v) is 6.66. The molecule has 0 saturated heterocycles. The van der Waals surface area contributed by atoms with Crippen LogP contribution >= 0.6 is 0 Å². The van der Waals surface area contributed by atoms with Crippen molar-refractivity contribution in [3.8, 4) is 5.75 Å². The summed E-state index contributed by atoms with van der Waals surface area (Å²) in [6.45, 7) is 4.63. The Labute approximate surface area is 183 Å². The maximum atomic E-state index is 12.8. The van der Waals surface area contributed by atoms with Gasteiger partial charge in [0.05, 0.1) is 17.1 Å². The van der Waals surface area contributed by atoms with Gasteiger partial charge in [-0.1, -0.05) is 36.4 Å². The zero-order chi connectivity index (χ0) is 22.4. The van der Waals surface area contributed by atoms with Crippen molar-refractivity contribution < 1.29 is 17.9 Å². The SMILES string of the molecule is Cc1ccc(C)c(OCCNC(=O)c2cccc(N(C)S(=O)(=O)c3ccccc3)c2)c1. The average molecular weight is 439 g/mol. The van der Waals surface area contributed by atoms with Crippen LogP contribution in [0, 0.1) is 13.8 Å². The number of hydrogen-bond donors (Lipinski definition) is 1. The average Bonchev–Trinajstić information content (AvgIpc) is 2.78. The molecule has 0 fully saturated rings. The fraction of sp³-hybridized carbons (Fsp3) is 0.208. The number of aryl methyl sites for hydroxylation is 2. The molecule has 0 saturated carbocycles. The van der Waals surface area contributed by atoms with Crippen LogP contribution in [0.5, 0.6) is 5.75 Å². The van der Waals surface area contributed by atoms with Crippen LogP contribution in [0.3, 0.4) is 0 Å². The number of ether oxygens (including phenoxy) is 1. The van der Waals surface area contributed by atoms with Crippen LogP contribution < -0.4 is 14.4 Å². The van der Waals surface area contributed by atoms with Gasteiger partial charge in [0.1, 0.15) is 12.4 Å². The van der Waals surface area contributed by atoms with E-state index >= 15 is 0 Å². The summed E-state index contributed by atoms with van der Waals surface area (Å²) in [6.07, 6.45) is 0. The maximum absolute atomic E-state index is 12.8. The van der Waals surface area contributed by atoms with Crippen molar-refractivity contribution in [1.29, 1.82) is 0 Å². The first-order valence-electron chi connectivity index (χ1n) is 9.91. The predicted molar refractivity (Wildman–Crippen MR) is 122 cm³/mol. The predicted octanol–water partition coefficient (Wildman–Crippen LogP) is 3.94. The van der Waals surface area contributed by atoms with E-state index in [0.29, 0.717) is 24.4 Å². The molecule has 3 rings (SSSR count). The number of hydrogen-bond acceptors (Lipinski definition) is 4. The lowest BCUT2D eigenvalue weighted by Gasteiger charge is -2.20. The Bertz CT molecular complexity index is 1160. The Morgan fingerprint density at radius 3 is 2.45 bits per heavy atom. The summed E-state index contributed by atoms with van der Waals surface area (Å²) in [6, 6.07) is 20.7. The van der Waals surface area contributed by atoms with Gasteiger partial charge in [0.25, 0.3) is 15.9 Å². The third-order valence-electron chi connectivity index (χ3n) is 4.86. The number of carbonyl (C=O) groups excluding carboxylic acids is 1. The molecule has 0 radical (unpaired) electrons. The van der Waals surface area contributed by atoms with Gasteiger partial charge in [0.2, 0.25) is 0 Å². The largest absolute Gasteiger partial charge is 0.491 e. The van der Waals surface area contributed by atoms with Crippen molar-refractivity contribution in [2.75, 3.05) is 24.5 Å². The highest BCUT2D eigenvalue weighted by atomic mass is 32.2. The van der Waals surface area contributed by atoms with Gasteiger partial charge < -0.3 is 10.1 Å².